The minimum atomic E-state index is -0.0344. The van der Waals surface area contributed by atoms with E-state index in [0.717, 1.165) is 0 Å². The van der Waals surface area contributed by atoms with Crippen molar-refractivity contribution in [2.45, 2.75) is 19.3 Å². The summed E-state index contributed by atoms with van der Waals surface area (Å²) in [7, 11) is 0. The van der Waals surface area contributed by atoms with Gasteiger partial charge in [-0.3, -0.25) is 0 Å². The molecule has 0 atom stereocenters. The van der Waals surface area contributed by atoms with Crippen molar-refractivity contribution in [1.29, 1.82) is 0 Å². The first-order valence-electron chi connectivity index (χ1n) is 17.0. The third kappa shape index (κ3) is 3.21. The molecule has 1 N–H and O–H groups in total. The molecule has 0 saturated carbocycles. The molecule has 0 amide bonds. The summed E-state index contributed by atoms with van der Waals surface area (Å²) in [6.07, 6.45) is 0. The van der Waals surface area contributed by atoms with Gasteiger partial charge in [-0.15, -0.1) is 0 Å². The van der Waals surface area contributed by atoms with Gasteiger partial charge in [0.1, 0.15) is 0 Å². The minimum Gasteiger partial charge on any atom is -0.354 e. The molecule has 0 unspecified atom stereocenters. The maximum Gasteiger partial charge on any atom is 0.0551 e. The fourth-order valence-electron chi connectivity index (χ4n) is 9.24. The molecule has 9 aromatic carbocycles. The Labute approximate surface area is 278 Å². The van der Waals surface area contributed by atoms with Crippen LogP contribution in [0, 0.1) is 0 Å². The lowest BCUT2D eigenvalue weighted by Gasteiger charge is -2.22. The molecule has 1 aliphatic carbocycles. The van der Waals surface area contributed by atoms with Gasteiger partial charge in [0.15, 0.2) is 0 Å². The van der Waals surface area contributed by atoms with Crippen LogP contribution in [0.5, 0.6) is 0 Å². The van der Waals surface area contributed by atoms with Gasteiger partial charge in [0, 0.05) is 32.8 Å². The zero-order valence-electron chi connectivity index (χ0n) is 26.9. The van der Waals surface area contributed by atoms with Crippen LogP contribution in [0.1, 0.15) is 25.0 Å². The summed E-state index contributed by atoms with van der Waals surface area (Å²) in [5, 5.41) is 15.6. The number of fused-ring (bicyclic) bond motifs is 6. The maximum absolute atomic E-state index is 3.88. The molecule has 224 valence electrons. The van der Waals surface area contributed by atoms with Crippen LogP contribution in [0.25, 0.3) is 97.9 Å². The molecule has 1 heterocycles. The standard InChI is InChI=1S/C47H31N/c1-47(2)38-22-11-14-28-26-36(35-21-12-23-39(47)44(35)41(28)38)42-31-17-5-7-19-33(31)43(34-20-8-6-18-32(34)42)45-29-15-4-3-13-27(29)25-37-30-16-9-10-24-40(30)48-46(37)45/h3-26,48H,1-2H3. The van der Waals surface area contributed by atoms with Crippen molar-refractivity contribution in [3.8, 4) is 22.3 Å². The zero-order valence-corrected chi connectivity index (χ0v) is 26.9. The van der Waals surface area contributed by atoms with Crippen LogP contribution in [0.15, 0.2) is 146 Å². The van der Waals surface area contributed by atoms with E-state index in [1.54, 1.807) is 0 Å². The number of aromatic amines is 1. The first-order valence-corrected chi connectivity index (χ1v) is 17.0. The number of benzene rings is 9. The van der Waals surface area contributed by atoms with Gasteiger partial charge in [-0.1, -0.05) is 141 Å². The Kier molecular flexibility index (Phi) is 4.97. The number of aromatic nitrogens is 1. The van der Waals surface area contributed by atoms with Crippen molar-refractivity contribution >= 4 is 75.7 Å². The number of nitrogens with one attached hydrogen (secondary N) is 1. The third-order valence-corrected chi connectivity index (χ3v) is 11.3. The second-order valence-corrected chi connectivity index (χ2v) is 14.1. The molecule has 10 aromatic rings. The van der Waals surface area contributed by atoms with Crippen molar-refractivity contribution in [3.05, 3.63) is 157 Å². The quantitative estimate of drug-likeness (QED) is 0.148. The first-order chi connectivity index (χ1) is 23.6. The molecule has 1 aliphatic rings. The van der Waals surface area contributed by atoms with E-state index in [4.69, 9.17) is 0 Å². The lowest BCUT2D eigenvalue weighted by Crippen LogP contribution is -2.14. The summed E-state index contributed by atoms with van der Waals surface area (Å²) >= 11 is 0. The molecular weight excluding hydrogens is 579 g/mol. The van der Waals surface area contributed by atoms with E-state index in [9.17, 15) is 0 Å². The van der Waals surface area contributed by atoms with E-state index >= 15 is 0 Å². The number of hydrogen-bond acceptors (Lipinski definition) is 0. The molecule has 1 heteroatoms. The average Bonchev–Trinajstić information content (AvgIpc) is 3.61. The Morgan fingerprint density at radius 3 is 1.67 bits per heavy atom. The smallest absolute Gasteiger partial charge is 0.0551 e. The van der Waals surface area contributed by atoms with Gasteiger partial charge in [-0.25, -0.2) is 0 Å². The Hall–Kier alpha value is -5.92. The molecule has 48 heavy (non-hydrogen) atoms. The zero-order chi connectivity index (χ0) is 31.7. The van der Waals surface area contributed by atoms with Crippen LogP contribution >= 0.6 is 0 Å². The third-order valence-electron chi connectivity index (χ3n) is 11.3. The van der Waals surface area contributed by atoms with Gasteiger partial charge in [-0.05, 0) is 94.3 Å². The topological polar surface area (TPSA) is 15.8 Å². The Balaban J connectivity index is 1.35. The SMILES string of the molecule is CC1(C)c2cccc3cc(-c4c5ccccc5c(-c5c6ccccc6cc6c5[nH]c5ccccc56)c5ccccc45)c4cccc1c4c23. The molecule has 0 radical (unpaired) electrons. The van der Waals surface area contributed by atoms with Crippen molar-refractivity contribution < 1.29 is 0 Å². The van der Waals surface area contributed by atoms with Crippen LogP contribution < -0.4 is 0 Å². The van der Waals surface area contributed by atoms with Gasteiger partial charge in [-0.2, -0.15) is 0 Å². The molecule has 1 nitrogen and oxygen atoms in total. The molecule has 11 rings (SSSR count). The number of para-hydroxylation sites is 1. The molecule has 0 bridgehead atoms. The van der Waals surface area contributed by atoms with Gasteiger partial charge in [0.25, 0.3) is 0 Å². The Morgan fingerprint density at radius 2 is 0.938 bits per heavy atom. The molecule has 0 saturated heterocycles. The molecule has 0 spiro atoms. The van der Waals surface area contributed by atoms with E-state index in [0.29, 0.717) is 0 Å². The van der Waals surface area contributed by atoms with Crippen molar-refractivity contribution in [2.75, 3.05) is 0 Å². The molecule has 0 aliphatic heterocycles. The van der Waals surface area contributed by atoms with Crippen LogP contribution in [0.2, 0.25) is 0 Å². The summed E-state index contributed by atoms with van der Waals surface area (Å²) in [5.74, 6) is 0. The van der Waals surface area contributed by atoms with E-state index in [2.05, 4.69) is 164 Å². The van der Waals surface area contributed by atoms with Gasteiger partial charge < -0.3 is 4.98 Å². The van der Waals surface area contributed by atoms with E-state index in [1.165, 1.54) is 109 Å². The van der Waals surface area contributed by atoms with Crippen molar-refractivity contribution in [3.63, 3.8) is 0 Å². The summed E-state index contributed by atoms with van der Waals surface area (Å²) in [6, 6.07) is 54.4. The molecule has 1 aromatic heterocycles. The summed E-state index contributed by atoms with van der Waals surface area (Å²) < 4.78 is 0. The fraction of sp³-hybridized carbons (Fsp3) is 0.0638. The van der Waals surface area contributed by atoms with Crippen LogP contribution in [-0.4, -0.2) is 4.98 Å². The normalized spacial score (nSPS) is 13.8. The van der Waals surface area contributed by atoms with E-state index < -0.39 is 0 Å². The first kappa shape index (κ1) is 26.2. The predicted molar refractivity (Wildman–Crippen MR) is 206 cm³/mol. The highest BCUT2D eigenvalue weighted by molar-refractivity contribution is 6.31. The maximum atomic E-state index is 3.88. The lowest BCUT2D eigenvalue weighted by atomic mass is 9.81. The highest BCUT2D eigenvalue weighted by Crippen LogP contribution is 2.53. The van der Waals surface area contributed by atoms with Crippen LogP contribution in [-0.2, 0) is 5.41 Å². The number of rotatable bonds is 2. The highest BCUT2D eigenvalue weighted by Gasteiger charge is 2.34. The number of H-pyrrole nitrogens is 1. The Morgan fingerprint density at radius 1 is 0.396 bits per heavy atom. The van der Waals surface area contributed by atoms with Crippen molar-refractivity contribution in [1.82, 2.24) is 4.98 Å². The second-order valence-electron chi connectivity index (χ2n) is 14.1. The van der Waals surface area contributed by atoms with Crippen LogP contribution in [0.4, 0.5) is 0 Å². The minimum absolute atomic E-state index is 0.0344. The molecule has 0 fully saturated rings. The van der Waals surface area contributed by atoms with Gasteiger partial charge in [0.2, 0.25) is 0 Å². The summed E-state index contributed by atoms with van der Waals surface area (Å²) in [6.45, 7) is 4.76. The predicted octanol–water partition coefficient (Wildman–Crippen LogP) is 13.1. The second kappa shape index (κ2) is 9.12. The van der Waals surface area contributed by atoms with E-state index in [-0.39, 0.29) is 5.41 Å². The summed E-state index contributed by atoms with van der Waals surface area (Å²) in [4.78, 5) is 3.88. The van der Waals surface area contributed by atoms with Crippen molar-refractivity contribution in [2.24, 2.45) is 0 Å². The van der Waals surface area contributed by atoms with E-state index in [1.807, 2.05) is 0 Å². The highest BCUT2D eigenvalue weighted by atomic mass is 14.7. The van der Waals surface area contributed by atoms with Crippen LogP contribution in [0.3, 0.4) is 0 Å². The number of hydrogen-bond donors (Lipinski definition) is 1. The molecular formula is C47H31N. The van der Waals surface area contributed by atoms with Gasteiger partial charge in [0.05, 0.1) is 5.52 Å². The lowest BCUT2D eigenvalue weighted by molar-refractivity contribution is 0.663. The fourth-order valence-corrected chi connectivity index (χ4v) is 9.24. The Bertz CT molecular complexity index is 2970. The summed E-state index contributed by atoms with van der Waals surface area (Å²) in [5.41, 5.74) is 10.4. The largest absolute Gasteiger partial charge is 0.354 e. The monoisotopic (exact) mass is 609 g/mol. The van der Waals surface area contributed by atoms with Gasteiger partial charge >= 0.3 is 0 Å². The average molecular weight is 610 g/mol.